The van der Waals surface area contributed by atoms with E-state index in [1.807, 2.05) is 0 Å². The zero-order valence-corrected chi connectivity index (χ0v) is 14.0. The third-order valence-corrected chi connectivity index (χ3v) is 4.12. The van der Waals surface area contributed by atoms with Crippen LogP contribution in [0.4, 0.5) is 4.79 Å². The number of carbonyl (C=O) groups is 3. The molecule has 1 aromatic heterocycles. The summed E-state index contributed by atoms with van der Waals surface area (Å²) in [6, 6.07) is 8.35. The number of aromatic nitrogens is 1. The maximum atomic E-state index is 12.8. The standard InChI is InChI=1S/C17H16N4O5/c1-17(11-4-6-12(26-2)7-5-11)15(24)21(16(25)19-17)20-14(23)10-3-8-13(22)18-9-10/h3-9H,1-2H3,(H,18,22)(H,19,25)(H,20,23)/t17-/m1/s1. The monoisotopic (exact) mass is 356 g/mol. The van der Waals surface area contributed by atoms with Gasteiger partial charge in [0.2, 0.25) is 5.56 Å². The van der Waals surface area contributed by atoms with Crippen molar-refractivity contribution < 1.29 is 19.1 Å². The number of aromatic amines is 1. The van der Waals surface area contributed by atoms with Crippen LogP contribution in [0.15, 0.2) is 47.4 Å². The van der Waals surface area contributed by atoms with Gasteiger partial charge in [-0.2, -0.15) is 5.01 Å². The topological polar surface area (TPSA) is 121 Å². The fourth-order valence-corrected chi connectivity index (χ4v) is 2.58. The van der Waals surface area contributed by atoms with Crippen LogP contribution in [0.25, 0.3) is 0 Å². The van der Waals surface area contributed by atoms with Crippen molar-refractivity contribution in [1.29, 1.82) is 0 Å². The molecular weight excluding hydrogens is 340 g/mol. The maximum Gasteiger partial charge on any atom is 0.344 e. The highest BCUT2D eigenvalue weighted by Crippen LogP contribution is 2.29. The third kappa shape index (κ3) is 2.90. The van der Waals surface area contributed by atoms with E-state index in [9.17, 15) is 19.2 Å². The number of imide groups is 1. The van der Waals surface area contributed by atoms with Gasteiger partial charge in [0.15, 0.2) is 0 Å². The summed E-state index contributed by atoms with van der Waals surface area (Å²) in [7, 11) is 1.52. The molecule has 2 heterocycles. The molecule has 26 heavy (non-hydrogen) atoms. The number of hydrogen-bond acceptors (Lipinski definition) is 5. The first-order valence-electron chi connectivity index (χ1n) is 7.66. The van der Waals surface area contributed by atoms with Crippen molar-refractivity contribution in [2.24, 2.45) is 0 Å². The van der Waals surface area contributed by atoms with Gasteiger partial charge in [0.1, 0.15) is 11.3 Å². The number of H-pyrrole nitrogens is 1. The van der Waals surface area contributed by atoms with Gasteiger partial charge in [0.05, 0.1) is 12.7 Å². The van der Waals surface area contributed by atoms with Crippen molar-refractivity contribution in [3.8, 4) is 5.75 Å². The molecule has 0 radical (unpaired) electrons. The lowest BCUT2D eigenvalue weighted by Gasteiger charge is -2.22. The van der Waals surface area contributed by atoms with E-state index in [0.717, 1.165) is 0 Å². The van der Waals surface area contributed by atoms with E-state index in [4.69, 9.17) is 4.74 Å². The molecule has 4 amide bonds. The third-order valence-electron chi connectivity index (χ3n) is 4.12. The Labute approximate surface area is 147 Å². The Kier molecular flexibility index (Phi) is 4.21. The van der Waals surface area contributed by atoms with Gasteiger partial charge in [-0.15, -0.1) is 0 Å². The molecule has 1 aliphatic rings. The second-order valence-corrected chi connectivity index (χ2v) is 5.81. The minimum atomic E-state index is -1.33. The number of urea groups is 1. The summed E-state index contributed by atoms with van der Waals surface area (Å²) in [5.41, 5.74) is 1.18. The summed E-state index contributed by atoms with van der Waals surface area (Å²) in [5, 5.41) is 3.20. The van der Waals surface area contributed by atoms with E-state index in [0.29, 0.717) is 16.3 Å². The van der Waals surface area contributed by atoms with Crippen molar-refractivity contribution in [1.82, 2.24) is 20.7 Å². The van der Waals surface area contributed by atoms with E-state index in [2.05, 4.69) is 15.7 Å². The fourth-order valence-electron chi connectivity index (χ4n) is 2.58. The lowest BCUT2D eigenvalue weighted by atomic mass is 9.92. The molecule has 1 atom stereocenters. The Bertz CT molecular complexity index is 916. The molecule has 0 bridgehead atoms. The highest BCUT2D eigenvalue weighted by atomic mass is 16.5. The number of amides is 4. The Hall–Kier alpha value is -3.62. The van der Waals surface area contributed by atoms with Gasteiger partial charge >= 0.3 is 6.03 Å². The number of pyridine rings is 1. The van der Waals surface area contributed by atoms with Crippen molar-refractivity contribution in [3.05, 3.63) is 64.1 Å². The highest BCUT2D eigenvalue weighted by molar-refractivity contribution is 6.09. The summed E-state index contributed by atoms with van der Waals surface area (Å²) in [6.45, 7) is 1.54. The van der Waals surface area contributed by atoms with E-state index >= 15 is 0 Å². The lowest BCUT2D eigenvalue weighted by Crippen LogP contribution is -2.48. The Morgan fingerprint density at radius 2 is 1.81 bits per heavy atom. The van der Waals surface area contributed by atoms with Gasteiger partial charge in [-0.25, -0.2) is 4.79 Å². The molecular formula is C17H16N4O5. The van der Waals surface area contributed by atoms with Gasteiger partial charge in [-0.1, -0.05) is 12.1 Å². The molecule has 1 saturated heterocycles. The van der Waals surface area contributed by atoms with Crippen LogP contribution in [0.2, 0.25) is 0 Å². The van der Waals surface area contributed by atoms with Gasteiger partial charge < -0.3 is 15.0 Å². The number of hydrazine groups is 1. The fraction of sp³-hybridized carbons (Fsp3) is 0.176. The summed E-state index contributed by atoms with van der Waals surface area (Å²) in [5.74, 6) is -0.730. The summed E-state index contributed by atoms with van der Waals surface area (Å²) < 4.78 is 5.08. The Morgan fingerprint density at radius 3 is 2.38 bits per heavy atom. The number of rotatable bonds is 4. The number of benzene rings is 1. The van der Waals surface area contributed by atoms with Crippen LogP contribution in [0.3, 0.4) is 0 Å². The molecule has 0 unspecified atom stereocenters. The first-order chi connectivity index (χ1) is 12.3. The van der Waals surface area contributed by atoms with Gasteiger partial charge in [-0.05, 0) is 30.7 Å². The normalized spacial score (nSPS) is 19.2. The second-order valence-electron chi connectivity index (χ2n) is 5.81. The molecule has 1 aromatic carbocycles. The van der Waals surface area contributed by atoms with Crippen LogP contribution >= 0.6 is 0 Å². The SMILES string of the molecule is COc1ccc([C@@]2(C)NC(=O)N(NC(=O)c3ccc(=O)[nH]c3)C2=O)cc1. The predicted octanol–water partition coefficient (Wildman–Crippen LogP) is 0.495. The quantitative estimate of drug-likeness (QED) is 0.689. The Balaban J connectivity index is 1.82. The molecule has 0 spiro atoms. The molecule has 1 aliphatic heterocycles. The largest absolute Gasteiger partial charge is 0.497 e. The maximum absolute atomic E-state index is 12.8. The van der Waals surface area contributed by atoms with E-state index < -0.39 is 23.4 Å². The molecule has 3 rings (SSSR count). The summed E-state index contributed by atoms with van der Waals surface area (Å²) >= 11 is 0. The smallest absolute Gasteiger partial charge is 0.344 e. The molecule has 9 heteroatoms. The average molecular weight is 356 g/mol. The first-order valence-corrected chi connectivity index (χ1v) is 7.66. The van der Waals surface area contributed by atoms with Crippen LogP contribution in [-0.4, -0.2) is 34.9 Å². The zero-order valence-electron chi connectivity index (χ0n) is 14.0. The molecule has 0 saturated carbocycles. The van der Waals surface area contributed by atoms with Crippen LogP contribution in [0.5, 0.6) is 5.75 Å². The molecule has 0 aliphatic carbocycles. The summed E-state index contributed by atoms with van der Waals surface area (Å²) in [4.78, 5) is 50.6. The second kappa shape index (κ2) is 6.36. The number of hydrogen-bond donors (Lipinski definition) is 3. The van der Waals surface area contributed by atoms with Gasteiger partial charge in [-0.3, -0.25) is 19.8 Å². The van der Waals surface area contributed by atoms with Crippen LogP contribution in [-0.2, 0) is 10.3 Å². The lowest BCUT2D eigenvalue weighted by molar-refractivity contribution is -0.132. The molecule has 134 valence electrons. The first kappa shape index (κ1) is 17.2. The number of nitrogens with one attached hydrogen (secondary N) is 3. The zero-order chi connectivity index (χ0) is 18.9. The van der Waals surface area contributed by atoms with Crippen molar-refractivity contribution in [2.45, 2.75) is 12.5 Å². The average Bonchev–Trinajstić information content (AvgIpc) is 2.86. The molecule has 9 nitrogen and oxygen atoms in total. The van der Waals surface area contributed by atoms with Crippen LogP contribution in [0.1, 0.15) is 22.8 Å². The van der Waals surface area contributed by atoms with Gasteiger partial charge in [0.25, 0.3) is 11.8 Å². The predicted molar refractivity (Wildman–Crippen MR) is 90.3 cm³/mol. The number of ether oxygens (including phenoxy) is 1. The Morgan fingerprint density at radius 1 is 1.12 bits per heavy atom. The van der Waals surface area contributed by atoms with E-state index in [1.165, 1.54) is 25.4 Å². The van der Waals surface area contributed by atoms with Crippen molar-refractivity contribution >= 4 is 17.8 Å². The molecule has 2 aromatic rings. The van der Waals surface area contributed by atoms with E-state index in [1.54, 1.807) is 31.2 Å². The molecule has 1 fully saturated rings. The van der Waals surface area contributed by atoms with Gasteiger partial charge in [0, 0.05) is 12.3 Å². The number of carbonyl (C=O) groups excluding carboxylic acids is 3. The van der Waals surface area contributed by atoms with Crippen molar-refractivity contribution in [3.63, 3.8) is 0 Å². The minimum absolute atomic E-state index is 0.100. The molecule has 3 N–H and O–H groups in total. The van der Waals surface area contributed by atoms with E-state index in [-0.39, 0.29) is 11.1 Å². The van der Waals surface area contributed by atoms with Crippen LogP contribution in [0, 0.1) is 0 Å². The van der Waals surface area contributed by atoms with Crippen LogP contribution < -0.4 is 21.0 Å². The highest BCUT2D eigenvalue weighted by Gasteiger charge is 2.50. The number of methoxy groups -OCH3 is 1. The van der Waals surface area contributed by atoms with Crippen molar-refractivity contribution in [2.75, 3.05) is 7.11 Å². The number of nitrogens with zero attached hydrogens (tertiary/aromatic N) is 1. The minimum Gasteiger partial charge on any atom is -0.497 e. The summed E-state index contributed by atoms with van der Waals surface area (Å²) in [6.07, 6.45) is 1.19.